The van der Waals surface area contributed by atoms with Crippen molar-refractivity contribution in [2.45, 2.75) is 109 Å². The summed E-state index contributed by atoms with van der Waals surface area (Å²) in [6, 6.07) is 4.15. The van der Waals surface area contributed by atoms with E-state index in [4.69, 9.17) is 37.9 Å². The van der Waals surface area contributed by atoms with Gasteiger partial charge in [0.1, 0.15) is 18.3 Å². The second-order valence-electron chi connectivity index (χ2n) is 16.9. The summed E-state index contributed by atoms with van der Waals surface area (Å²) in [7, 11) is 3.43. The zero-order valence-corrected chi connectivity index (χ0v) is 32.3. The number of fused-ring (bicyclic) bond motifs is 3. The molecular formula is C40H63NO10. The van der Waals surface area contributed by atoms with E-state index in [1.54, 1.807) is 14.2 Å². The molecule has 7 atom stereocenters. The molecule has 0 aromatic heterocycles. The monoisotopic (exact) mass is 717 g/mol. The minimum absolute atomic E-state index is 0.0498. The van der Waals surface area contributed by atoms with Crippen LogP contribution in [0.4, 0.5) is 4.79 Å². The Morgan fingerprint density at radius 3 is 2.20 bits per heavy atom. The second-order valence-corrected chi connectivity index (χ2v) is 16.9. The topological polar surface area (TPSA) is 114 Å². The number of carbonyl (C=O) groups excluding carboxylic acids is 1. The van der Waals surface area contributed by atoms with E-state index in [1.165, 1.54) is 12.8 Å². The van der Waals surface area contributed by atoms with Crippen molar-refractivity contribution in [1.82, 2.24) is 4.90 Å². The average Bonchev–Trinajstić information content (AvgIpc) is 3.84. The summed E-state index contributed by atoms with van der Waals surface area (Å²) < 4.78 is 46.6. The molecule has 288 valence electrons. The number of hydrogen-bond donors (Lipinski definition) is 1. The highest BCUT2D eigenvalue weighted by Gasteiger charge is 2.81. The molecule has 2 heterocycles. The fourth-order valence-corrected chi connectivity index (χ4v) is 10.3. The zero-order chi connectivity index (χ0) is 36.7. The van der Waals surface area contributed by atoms with Gasteiger partial charge in [-0.15, -0.1) is 0 Å². The normalized spacial score (nSPS) is 32.5. The summed E-state index contributed by atoms with van der Waals surface area (Å²) in [5, 5.41) is 12.5. The first-order valence-corrected chi connectivity index (χ1v) is 19.2. The molecule has 1 saturated heterocycles. The Balaban J connectivity index is 1.20. The van der Waals surface area contributed by atoms with Crippen molar-refractivity contribution in [3.05, 3.63) is 23.3 Å². The van der Waals surface area contributed by atoms with Crippen LogP contribution in [0.3, 0.4) is 0 Å². The lowest BCUT2D eigenvalue weighted by Crippen LogP contribution is -2.81. The molecule has 1 aromatic rings. The van der Waals surface area contributed by atoms with Crippen molar-refractivity contribution in [2.24, 2.45) is 22.7 Å². The SMILES string of the molecule is COCCOCCOCCOCCOC(=O)Oc1ccc(C)c2c1O[C@H]1C3(OC)CC[C@@]4(CC3C(C)(O)C(C)(C)C)C(C)N(CC3CC3)CCC214. The quantitative estimate of drug-likeness (QED) is 0.122. The summed E-state index contributed by atoms with van der Waals surface area (Å²) >= 11 is 0. The first kappa shape index (κ1) is 38.7. The Hall–Kier alpha value is -1.99. The fourth-order valence-electron chi connectivity index (χ4n) is 10.3. The molecule has 4 saturated carbocycles. The molecule has 7 rings (SSSR count). The van der Waals surface area contributed by atoms with E-state index in [0.717, 1.165) is 55.8 Å². The van der Waals surface area contributed by atoms with Crippen LogP contribution >= 0.6 is 0 Å². The van der Waals surface area contributed by atoms with Gasteiger partial charge in [0.25, 0.3) is 0 Å². The summed E-state index contributed by atoms with van der Waals surface area (Å²) in [6.07, 6.45) is 5.03. The molecule has 1 N–H and O–H groups in total. The summed E-state index contributed by atoms with van der Waals surface area (Å²) in [5.74, 6) is 1.60. The van der Waals surface area contributed by atoms with Gasteiger partial charge in [-0.05, 0) is 94.2 Å². The largest absolute Gasteiger partial charge is 0.514 e. The smallest absolute Gasteiger partial charge is 0.482 e. The van der Waals surface area contributed by atoms with Crippen LogP contribution in [0.15, 0.2) is 12.1 Å². The zero-order valence-electron chi connectivity index (χ0n) is 32.3. The van der Waals surface area contributed by atoms with E-state index in [1.807, 2.05) is 19.1 Å². The number of rotatable bonds is 17. The fraction of sp³-hybridized carbons (Fsp3) is 0.825. The van der Waals surface area contributed by atoms with Crippen molar-refractivity contribution >= 4 is 6.16 Å². The molecule has 2 bridgehead atoms. The number of hydrogen-bond acceptors (Lipinski definition) is 11. The molecule has 0 radical (unpaired) electrons. The molecule has 4 aliphatic carbocycles. The third kappa shape index (κ3) is 6.72. The Morgan fingerprint density at radius 2 is 1.59 bits per heavy atom. The van der Waals surface area contributed by atoms with E-state index in [9.17, 15) is 9.90 Å². The molecule has 11 nitrogen and oxygen atoms in total. The average molecular weight is 718 g/mol. The van der Waals surface area contributed by atoms with Crippen molar-refractivity contribution in [1.29, 1.82) is 0 Å². The van der Waals surface area contributed by atoms with Gasteiger partial charge >= 0.3 is 6.16 Å². The first-order chi connectivity index (χ1) is 24.3. The lowest BCUT2D eigenvalue weighted by atomic mass is 9.35. The lowest BCUT2D eigenvalue weighted by molar-refractivity contribution is -0.309. The second kappa shape index (κ2) is 15.0. The standard InChI is InChI=1S/C40H63NO10/c1-27-9-12-30(50-35(42)49-24-23-48-22-21-47-20-19-46-18-17-44-7)33-32(27)39-15-16-41(26-29-10-11-29)28(2)38(39)13-14-40(45-8,34(39)51-33)31(25-38)37(6,43)36(3,4)5/h9,12,28-29,31,34,43H,10-11,13-26H2,1-8H3/t28?,31?,34-,37?,38-,39?,40?/m1/s1. The first-order valence-electron chi connectivity index (χ1n) is 19.2. The maximum absolute atomic E-state index is 13.1. The molecule has 2 aliphatic heterocycles. The highest BCUT2D eigenvalue weighted by atomic mass is 16.7. The summed E-state index contributed by atoms with van der Waals surface area (Å²) in [5.41, 5.74) is -0.398. The summed E-state index contributed by atoms with van der Waals surface area (Å²) in [6.45, 7) is 18.2. The molecule has 51 heavy (non-hydrogen) atoms. The predicted molar refractivity (Wildman–Crippen MR) is 192 cm³/mol. The van der Waals surface area contributed by atoms with Gasteiger partial charge in [0, 0.05) is 43.7 Å². The maximum atomic E-state index is 13.1. The number of benzene rings is 1. The number of aryl methyl sites for hydroxylation is 1. The van der Waals surface area contributed by atoms with Crippen LogP contribution < -0.4 is 9.47 Å². The molecule has 6 aliphatic rings. The third-order valence-corrected chi connectivity index (χ3v) is 13.6. The molecule has 2 spiro atoms. The molecular weight excluding hydrogens is 654 g/mol. The minimum atomic E-state index is -1.02. The van der Waals surface area contributed by atoms with E-state index in [0.29, 0.717) is 51.1 Å². The van der Waals surface area contributed by atoms with Gasteiger partial charge in [0.05, 0.1) is 51.8 Å². The van der Waals surface area contributed by atoms with Gasteiger partial charge in [-0.25, -0.2) is 4.79 Å². The Labute approximate surface area is 304 Å². The van der Waals surface area contributed by atoms with Crippen molar-refractivity contribution < 1.29 is 47.8 Å². The molecule has 1 aromatic carbocycles. The van der Waals surface area contributed by atoms with Gasteiger partial charge in [-0.2, -0.15) is 0 Å². The highest BCUT2D eigenvalue weighted by molar-refractivity contribution is 5.69. The van der Waals surface area contributed by atoms with E-state index in [2.05, 4.69) is 39.5 Å². The van der Waals surface area contributed by atoms with E-state index >= 15 is 0 Å². The van der Waals surface area contributed by atoms with Crippen molar-refractivity contribution in [2.75, 3.05) is 80.2 Å². The van der Waals surface area contributed by atoms with Crippen LogP contribution in [0, 0.1) is 29.6 Å². The third-order valence-electron chi connectivity index (χ3n) is 13.6. The maximum Gasteiger partial charge on any atom is 0.514 e. The molecule has 5 fully saturated rings. The van der Waals surface area contributed by atoms with Crippen LogP contribution in [-0.2, 0) is 33.8 Å². The summed E-state index contributed by atoms with van der Waals surface area (Å²) in [4.78, 5) is 15.8. The Bertz CT molecular complexity index is 1380. The van der Waals surface area contributed by atoms with Crippen LogP contribution in [-0.4, -0.2) is 120 Å². The molecule has 0 amide bonds. The number of methoxy groups -OCH3 is 2. The minimum Gasteiger partial charge on any atom is -0.482 e. The van der Waals surface area contributed by atoms with Crippen molar-refractivity contribution in [3.8, 4) is 11.5 Å². The van der Waals surface area contributed by atoms with Crippen LogP contribution in [0.5, 0.6) is 11.5 Å². The number of nitrogens with zero attached hydrogens (tertiary/aromatic N) is 1. The van der Waals surface area contributed by atoms with Crippen molar-refractivity contribution in [3.63, 3.8) is 0 Å². The lowest BCUT2D eigenvalue weighted by Gasteiger charge is -2.74. The van der Waals surface area contributed by atoms with Crippen LogP contribution in [0.1, 0.15) is 84.3 Å². The van der Waals surface area contributed by atoms with Gasteiger partial charge in [-0.1, -0.05) is 26.8 Å². The number of aliphatic hydroxyl groups is 1. The number of ether oxygens (including phenoxy) is 8. The van der Waals surface area contributed by atoms with Gasteiger partial charge in [0.2, 0.25) is 0 Å². The van der Waals surface area contributed by atoms with E-state index in [-0.39, 0.29) is 47.5 Å². The van der Waals surface area contributed by atoms with Gasteiger partial charge in [0.15, 0.2) is 11.5 Å². The highest BCUT2D eigenvalue weighted by Crippen LogP contribution is 2.76. The van der Waals surface area contributed by atoms with Gasteiger partial charge in [-0.3, -0.25) is 4.90 Å². The number of carbonyl (C=O) groups is 1. The van der Waals surface area contributed by atoms with Gasteiger partial charge < -0.3 is 43.0 Å². The molecule has 5 unspecified atom stereocenters. The Morgan fingerprint density at radius 1 is 0.941 bits per heavy atom. The number of likely N-dealkylation sites (tertiary alicyclic amines) is 1. The van der Waals surface area contributed by atoms with Crippen LogP contribution in [0.25, 0.3) is 0 Å². The predicted octanol–water partition coefficient (Wildman–Crippen LogP) is 5.69. The molecule has 11 heteroatoms. The van der Waals surface area contributed by atoms with Crippen LogP contribution in [0.2, 0.25) is 0 Å². The number of piperidine rings is 1. The Kier molecular flexibility index (Phi) is 11.4. The van der Waals surface area contributed by atoms with E-state index < -0.39 is 17.4 Å².